The molecule has 2 amide bonds. The van der Waals surface area contributed by atoms with Crippen molar-refractivity contribution in [3.05, 3.63) is 48.3 Å². The maximum Gasteiger partial charge on any atom is 0.410 e. The molecule has 1 saturated heterocycles. The minimum absolute atomic E-state index is 0.0591. The molecule has 11 nitrogen and oxygen atoms in total. The van der Waals surface area contributed by atoms with Gasteiger partial charge in [-0.05, 0) is 58.9 Å². The number of carbonyl (C=O) groups excluding carboxylic acids is 2. The number of carbonyl (C=O) groups is 2. The SMILES string of the molecule is CC(C)N1C(=O)COc2c(F)cc(-c3nc(Nc4ccc(N5CCN(C(=O)OC(C)(C)C)CC5)cn4)ncc3F)cc21. The summed E-state index contributed by atoms with van der Waals surface area (Å²) in [5, 5.41) is 2.96. The third kappa shape index (κ3) is 6.19. The van der Waals surface area contributed by atoms with Crippen LogP contribution in [0.3, 0.4) is 0 Å². The van der Waals surface area contributed by atoms with E-state index >= 15 is 0 Å². The van der Waals surface area contributed by atoms with E-state index in [1.807, 2.05) is 26.8 Å². The number of aromatic nitrogens is 3. The van der Waals surface area contributed by atoms with Crippen LogP contribution in [0.2, 0.25) is 0 Å². The second-order valence-electron chi connectivity index (χ2n) is 11.3. The summed E-state index contributed by atoms with van der Waals surface area (Å²) in [5.74, 6) is -1.38. The molecular formula is C29H33F2N7O4. The van der Waals surface area contributed by atoms with Crippen LogP contribution in [0.25, 0.3) is 11.3 Å². The van der Waals surface area contributed by atoms with Gasteiger partial charge in [-0.3, -0.25) is 4.79 Å². The van der Waals surface area contributed by atoms with Crippen LogP contribution in [-0.4, -0.2) is 76.3 Å². The van der Waals surface area contributed by atoms with E-state index in [-0.39, 0.29) is 53.3 Å². The fourth-order valence-electron chi connectivity index (χ4n) is 4.81. The molecule has 222 valence electrons. The standard InChI is InChI=1S/C29H33F2N7O4/c1-17(2)38-22-13-18(12-20(30)26(22)41-16-24(38)39)25-21(31)15-33-27(35-25)34-23-7-6-19(14-32-23)36-8-10-37(11-9-36)28(40)42-29(3,4)5/h6-7,12-15,17H,8-11,16H2,1-5H3,(H,32,33,34,35). The number of fused-ring (bicyclic) bond motifs is 1. The van der Waals surface area contributed by atoms with Crippen LogP contribution in [0, 0.1) is 11.6 Å². The minimum Gasteiger partial charge on any atom is -0.478 e. The first kappa shape index (κ1) is 29.0. The molecule has 0 radical (unpaired) electrons. The highest BCUT2D eigenvalue weighted by Crippen LogP contribution is 2.39. The zero-order chi connectivity index (χ0) is 30.2. The number of pyridine rings is 1. The van der Waals surface area contributed by atoms with Crippen LogP contribution in [-0.2, 0) is 9.53 Å². The Morgan fingerprint density at radius 1 is 1.05 bits per heavy atom. The summed E-state index contributed by atoms with van der Waals surface area (Å²) in [5.41, 5.74) is 0.535. The number of amides is 2. The third-order valence-electron chi connectivity index (χ3n) is 6.71. The molecular weight excluding hydrogens is 548 g/mol. The highest BCUT2D eigenvalue weighted by Gasteiger charge is 2.31. The molecule has 1 aromatic carbocycles. The summed E-state index contributed by atoms with van der Waals surface area (Å²) >= 11 is 0. The van der Waals surface area contributed by atoms with E-state index in [0.29, 0.717) is 32.0 Å². The number of rotatable bonds is 5. The van der Waals surface area contributed by atoms with E-state index in [4.69, 9.17) is 9.47 Å². The molecule has 0 saturated carbocycles. The summed E-state index contributed by atoms with van der Waals surface area (Å²) in [6.45, 7) is 11.2. The smallest absolute Gasteiger partial charge is 0.410 e. The zero-order valence-corrected chi connectivity index (χ0v) is 24.1. The van der Waals surface area contributed by atoms with E-state index in [1.165, 1.54) is 11.0 Å². The monoisotopic (exact) mass is 581 g/mol. The molecule has 1 fully saturated rings. The maximum absolute atomic E-state index is 15.0. The Hall–Kier alpha value is -4.55. The Balaban J connectivity index is 1.29. The molecule has 0 atom stereocenters. The lowest BCUT2D eigenvalue weighted by Gasteiger charge is -2.36. The fraction of sp³-hybridized carbons (Fsp3) is 0.414. The molecule has 5 rings (SSSR count). The molecule has 3 aromatic rings. The lowest BCUT2D eigenvalue weighted by atomic mass is 10.1. The van der Waals surface area contributed by atoms with Crippen molar-refractivity contribution in [1.29, 1.82) is 0 Å². The van der Waals surface area contributed by atoms with Crippen molar-refractivity contribution in [2.24, 2.45) is 0 Å². The Morgan fingerprint density at radius 3 is 2.43 bits per heavy atom. The number of halogens is 2. The molecule has 0 bridgehead atoms. The van der Waals surface area contributed by atoms with Crippen molar-refractivity contribution in [1.82, 2.24) is 19.9 Å². The van der Waals surface area contributed by atoms with Crippen LogP contribution in [0.5, 0.6) is 5.75 Å². The topological polar surface area (TPSA) is 113 Å². The summed E-state index contributed by atoms with van der Waals surface area (Å²) in [4.78, 5) is 42.7. The van der Waals surface area contributed by atoms with Gasteiger partial charge < -0.3 is 29.5 Å². The molecule has 0 aliphatic carbocycles. The van der Waals surface area contributed by atoms with Crippen LogP contribution in [0.15, 0.2) is 36.7 Å². The van der Waals surface area contributed by atoms with E-state index < -0.39 is 17.2 Å². The van der Waals surface area contributed by atoms with Gasteiger partial charge in [0, 0.05) is 37.8 Å². The molecule has 2 aliphatic rings. The Labute approximate surface area is 242 Å². The van der Waals surface area contributed by atoms with Crippen LogP contribution < -0.4 is 19.9 Å². The predicted octanol–water partition coefficient (Wildman–Crippen LogP) is 4.75. The lowest BCUT2D eigenvalue weighted by molar-refractivity contribution is -0.121. The largest absolute Gasteiger partial charge is 0.478 e. The van der Waals surface area contributed by atoms with Gasteiger partial charge in [0.1, 0.15) is 17.1 Å². The van der Waals surface area contributed by atoms with Crippen molar-refractivity contribution < 1.29 is 27.8 Å². The number of benzene rings is 1. The van der Waals surface area contributed by atoms with Crippen molar-refractivity contribution in [3.63, 3.8) is 0 Å². The highest BCUT2D eigenvalue weighted by atomic mass is 19.1. The number of hydrogen-bond donors (Lipinski definition) is 1. The molecule has 0 spiro atoms. The molecule has 2 aliphatic heterocycles. The number of ether oxygens (including phenoxy) is 2. The van der Waals surface area contributed by atoms with E-state index in [2.05, 4.69) is 25.2 Å². The van der Waals surface area contributed by atoms with Gasteiger partial charge in [0.05, 0.1) is 23.8 Å². The lowest BCUT2D eigenvalue weighted by Crippen LogP contribution is -2.50. The van der Waals surface area contributed by atoms with Gasteiger partial charge >= 0.3 is 6.09 Å². The Bertz CT molecular complexity index is 1490. The van der Waals surface area contributed by atoms with Crippen molar-refractivity contribution in [3.8, 4) is 17.0 Å². The molecule has 0 unspecified atom stereocenters. The van der Waals surface area contributed by atoms with E-state index in [0.717, 1.165) is 18.0 Å². The third-order valence-corrected chi connectivity index (χ3v) is 6.71. The number of nitrogens with one attached hydrogen (secondary N) is 1. The van der Waals surface area contributed by atoms with Gasteiger partial charge in [0.2, 0.25) is 5.95 Å². The second-order valence-corrected chi connectivity index (χ2v) is 11.3. The van der Waals surface area contributed by atoms with Crippen LogP contribution in [0.1, 0.15) is 34.6 Å². The average molecular weight is 582 g/mol. The quantitative estimate of drug-likeness (QED) is 0.456. The van der Waals surface area contributed by atoms with Gasteiger partial charge in [-0.25, -0.2) is 28.5 Å². The minimum atomic E-state index is -0.757. The van der Waals surface area contributed by atoms with Crippen molar-refractivity contribution >= 4 is 35.1 Å². The summed E-state index contributed by atoms with van der Waals surface area (Å²) < 4.78 is 40.6. The van der Waals surface area contributed by atoms with Crippen LogP contribution in [0.4, 0.5) is 36.7 Å². The van der Waals surface area contributed by atoms with Gasteiger partial charge in [-0.2, -0.15) is 0 Å². The summed E-state index contributed by atoms with van der Waals surface area (Å²) in [7, 11) is 0. The number of anilines is 4. The molecule has 2 aromatic heterocycles. The van der Waals surface area contributed by atoms with Crippen LogP contribution >= 0.6 is 0 Å². The number of hydrogen-bond acceptors (Lipinski definition) is 9. The normalized spacial score (nSPS) is 15.4. The number of nitrogens with zero attached hydrogens (tertiary/aromatic N) is 6. The Morgan fingerprint density at radius 2 is 1.79 bits per heavy atom. The summed E-state index contributed by atoms with van der Waals surface area (Å²) in [6, 6.07) is 5.96. The average Bonchev–Trinajstić information content (AvgIpc) is 2.93. The van der Waals surface area contributed by atoms with Gasteiger partial charge in [-0.1, -0.05) is 0 Å². The zero-order valence-electron chi connectivity index (χ0n) is 24.1. The van der Waals surface area contributed by atoms with Gasteiger partial charge in [0.25, 0.3) is 5.91 Å². The number of piperazine rings is 1. The molecule has 13 heteroatoms. The Kier molecular flexibility index (Phi) is 7.85. The highest BCUT2D eigenvalue weighted by molar-refractivity contribution is 5.99. The first-order valence-corrected chi connectivity index (χ1v) is 13.7. The molecule has 4 heterocycles. The predicted molar refractivity (Wildman–Crippen MR) is 153 cm³/mol. The second kappa shape index (κ2) is 11.4. The van der Waals surface area contributed by atoms with Gasteiger partial charge in [0.15, 0.2) is 24.0 Å². The summed E-state index contributed by atoms with van der Waals surface area (Å²) in [6.07, 6.45) is 2.35. The molecule has 42 heavy (non-hydrogen) atoms. The first-order valence-electron chi connectivity index (χ1n) is 13.7. The maximum atomic E-state index is 15.0. The van der Waals surface area contributed by atoms with Gasteiger partial charge in [-0.15, -0.1) is 0 Å². The fourth-order valence-corrected chi connectivity index (χ4v) is 4.81. The van der Waals surface area contributed by atoms with Crippen molar-refractivity contribution in [2.45, 2.75) is 46.3 Å². The first-order chi connectivity index (χ1) is 19.9. The van der Waals surface area contributed by atoms with Crippen molar-refractivity contribution in [2.75, 3.05) is 47.9 Å². The van der Waals surface area contributed by atoms with E-state index in [1.54, 1.807) is 31.0 Å². The van der Waals surface area contributed by atoms with E-state index in [9.17, 15) is 18.4 Å². The molecule has 1 N–H and O–H groups in total.